The second-order valence-corrected chi connectivity index (χ2v) is 5.12. The van der Waals surface area contributed by atoms with Gasteiger partial charge in [-0.05, 0) is 24.5 Å². The Morgan fingerprint density at radius 1 is 1.41 bits per heavy atom. The largest absolute Gasteiger partial charge is 0.337 e. The molecule has 0 aromatic carbocycles. The summed E-state index contributed by atoms with van der Waals surface area (Å²) in [6.07, 6.45) is 2.53. The number of carbonyl (C=O) groups is 1. The van der Waals surface area contributed by atoms with E-state index in [0.717, 1.165) is 50.7 Å². The molecule has 0 unspecified atom stereocenters. The van der Waals surface area contributed by atoms with Crippen LogP contribution in [0.5, 0.6) is 0 Å². The van der Waals surface area contributed by atoms with E-state index in [-0.39, 0.29) is 5.91 Å². The van der Waals surface area contributed by atoms with Crippen molar-refractivity contribution >= 4 is 29.0 Å². The van der Waals surface area contributed by atoms with Gasteiger partial charge in [-0.25, -0.2) is 0 Å². The predicted molar refractivity (Wildman–Crippen MR) is 67.6 cm³/mol. The number of hydrogen-bond acceptors (Lipinski definition) is 5. The molecule has 7 heteroatoms. The highest BCUT2D eigenvalue weighted by Gasteiger charge is 2.21. The number of amides is 1. The Bertz CT molecular complexity index is 359. The van der Waals surface area contributed by atoms with E-state index in [1.54, 1.807) is 0 Å². The zero-order valence-electron chi connectivity index (χ0n) is 9.51. The Balaban J connectivity index is 1.92. The van der Waals surface area contributed by atoms with Gasteiger partial charge in [0.25, 0.3) is 5.91 Å². The van der Waals surface area contributed by atoms with Crippen molar-refractivity contribution in [1.82, 2.24) is 19.4 Å². The van der Waals surface area contributed by atoms with Crippen molar-refractivity contribution < 1.29 is 4.79 Å². The van der Waals surface area contributed by atoms with E-state index in [9.17, 15) is 4.79 Å². The summed E-state index contributed by atoms with van der Waals surface area (Å²) in [5.41, 5.74) is 0. The van der Waals surface area contributed by atoms with Crippen LogP contribution in [0.2, 0.25) is 0 Å². The molecule has 1 amide bonds. The van der Waals surface area contributed by atoms with Gasteiger partial charge < -0.3 is 9.80 Å². The molecule has 1 aromatic rings. The lowest BCUT2D eigenvalue weighted by Gasteiger charge is -2.20. The maximum absolute atomic E-state index is 12.1. The maximum Gasteiger partial charge on any atom is 0.267 e. The van der Waals surface area contributed by atoms with Gasteiger partial charge in [-0.2, -0.15) is 0 Å². The highest BCUT2D eigenvalue weighted by Crippen LogP contribution is 2.10. The number of nitrogens with zero attached hydrogens (tertiary/aromatic N) is 4. The van der Waals surface area contributed by atoms with E-state index in [1.807, 2.05) is 4.90 Å². The van der Waals surface area contributed by atoms with Crippen LogP contribution in [-0.2, 0) is 0 Å². The van der Waals surface area contributed by atoms with Crippen molar-refractivity contribution in [3.8, 4) is 0 Å². The molecule has 5 nitrogen and oxygen atoms in total. The van der Waals surface area contributed by atoms with Gasteiger partial charge in [-0.1, -0.05) is 4.49 Å². The van der Waals surface area contributed by atoms with Gasteiger partial charge in [0.15, 0.2) is 0 Å². The van der Waals surface area contributed by atoms with Crippen molar-refractivity contribution in [1.29, 1.82) is 0 Å². The van der Waals surface area contributed by atoms with Gasteiger partial charge in [-0.15, -0.1) is 16.7 Å². The molecule has 94 valence electrons. The molecule has 1 aliphatic heterocycles. The smallest absolute Gasteiger partial charge is 0.267 e. The molecular weight excluding hydrogens is 260 g/mol. The van der Waals surface area contributed by atoms with Gasteiger partial charge in [-0.3, -0.25) is 4.79 Å². The number of carbonyl (C=O) groups excluding carboxylic acids is 1. The fourth-order valence-electron chi connectivity index (χ4n) is 1.93. The molecule has 1 aliphatic rings. The third-order valence-electron chi connectivity index (χ3n) is 2.85. The van der Waals surface area contributed by atoms with E-state index >= 15 is 0 Å². The second kappa shape index (κ2) is 6.28. The fourth-order valence-corrected chi connectivity index (χ4v) is 2.66. The van der Waals surface area contributed by atoms with Crippen LogP contribution in [0.25, 0.3) is 0 Å². The molecule has 0 N–H and O–H groups in total. The molecule has 1 fully saturated rings. The third kappa shape index (κ3) is 3.37. The Kier molecular flexibility index (Phi) is 4.70. The summed E-state index contributed by atoms with van der Waals surface area (Å²) in [6.45, 7) is 4.36. The molecule has 2 heterocycles. The molecular formula is C10H15ClN4OS. The van der Waals surface area contributed by atoms with Gasteiger partial charge in [0, 0.05) is 32.1 Å². The lowest BCUT2D eigenvalue weighted by molar-refractivity contribution is 0.0766. The molecule has 0 bridgehead atoms. The van der Waals surface area contributed by atoms with Crippen molar-refractivity contribution in [2.75, 3.05) is 38.6 Å². The molecule has 0 saturated carbocycles. The van der Waals surface area contributed by atoms with Crippen LogP contribution in [0.3, 0.4) is 0 Å². The summed E-state index contributed by atoms with van der Waals surface area (Å²) >= 11 is 6.89. The van der Waals surface area contributed by atoms with Crippen LogP contribution < -0.4 is 0 Å². The molecule has 2 rings (SSSR count). The average molecular weight is 275 g/mol. The maximum atomic E-state index is 12.1. The minimum atomic E-state index is 0.0488. The molecule has 0 radical (unpaired) electrons. The Morgan fingerprint density at radius 2 is 2.29 bits per heavy atom. The normalized spacial score (nSPS) is 18.1. The lowest BCUT2D eigenvalue weighted by atomic mass is 10.3. The Hall–Kier alpha value is -0.720. The van der Waals surface area contributed by atoms with Crippen LogP contribution in [0.4, 0.5) is 0 Å². The van der Waals surface area contributed by atoms with Crippen LogP contribution in [0.1, 0.15) is 16.1 Å². The van der Waals surface area contributed by atoms with Crippen molar-refractivity contribution in [3.05, 3.63) is 11.1 Å². The number of halogens is 1. The Morgan fingerprint density at radius 3 is 3.00 bits per heavy atom. The highest BCUT2D eigenvalue weighted by molar-refractivity contribution is 7.07. The monoisotopic (exact) mass is 274 g/mol. The summed E-state index contributed by atoms with van der Waals surface area (Å²) in [5, 5.41) is 3.70. The van der Waals surface area contributed by atoms with Gasteiger partial charge in [0.05, 0.1) is 6.20 Å². The zero-order chi connectivity index (χ0) is 12.1. The lowest BCUT2D eigenvalue weighted by Crippen LogP contribution is -2.35. The van der Waals surface area contributed by atoms with Crippen molar-refractivity contribution in [3.63, 3.8) is 0 Å². The molecule has 1 saturated heterocycles. The number of rotatable bonds is 3. The molecule has 1 aromatic heterocycles. The van der Waals surface area contributed by atoms with Crippen LogP contribution >= 0.6 is 23.1 Å². The first-order chi connectivity index (χ1) is 8.31. The van der Waals surface area contributed by atoms with E-state index in [2.05, 4.69) is 14.5 Å². The van der Waals surface area contributed by atoms with Gasteiger partial charge >= 0.3 is 0 Å². The summed E-state index contributed by atoms with van der Waals surface area (Å²) in [4.78, 5) is 16.9. The van der Waals surface area contributed by atoms with Gasteiger partial charge in [0.1, 0.15) is 4.88 Å². The Labute approximate surface area is 110 Å². The SMILES string of the molecule is O=C(c1cnns1)N1CCCN(CCCl)CC1. The van der Waals surface area contributed by atoms with E-state index < -0.39 is 0 Å². The predicted octanol–water partition coefficient (Wildman–Crippen LogP) is 0.925. The molecule has 0 atom stereocenters. The number of aromatic nitrogens is 2. The topological polar surface area (TPSA) is 49.3 Å². The van der Waals surface area contributed by atoms with E-state index in [1.165, 1.54) is 6.20 Å². The minimum absolute atomic E-state index is 0.0488. The van der Waals surface area contributed by atoms with Crippen molar-refractivity contribution in [2.24, 2.45) is 0 Å². The first kappa shape index (κ1) is 12.7. The second-order valence-electron chi connectivity index (χ2n) is 3.96. The first-order valence-electron chi connectivity index (χ1n) is 5.66. The van der Waals surface area contributed by atoms with Crippen LogP contribution in [0.15, 0.2) is 6.20 Å². The van der Waals surface area contributed by atoms with Crippen molar-refractivity contribution in [2.45, 2.75) is 6.42 Å². The van der Waals surface area contributed by atoms with Crippen LogP contribution in [0, 0.1) is 0 Å². The van der Waals surface area contributed by atoms with Crippen LogP contribution in [-0.4, -0.2) is 63.9 Å². The van der Waals surface area contributed by atoms with Gasteiger partial charge in [0.2, 0.25) is 0 Å². The quantitative estimate of drug-likeness (QED) is 0.770. The van der Waals surface area contributed by atoms with E-state index in [4.69, 9.17) is 11.6 Å². The average Bonchev–Trinajstić information content (AvgIpc) is 2.76. The first-order valence-corrected chi connectivity index (χ1v) is 6.97. The summed E-state index contributed by atoms with van der Waals surface area (Å²) < 4.78 is 3.72. The highest BCUT2D eigenvalue weighted by atomic mass is 35.5. The molecule has 17 heavy (non-hydrogen) atoms. The minimum Gasteiger partial charge on any atom is -0.337 e. The summed E-state index contributed by atoms with van der Waals surface area (Å²) in [5.74, 6) is 0.694. The third-order valence-corrected chi connectivity index (χ3v) is 3.67. The van der Waals surface area contributed by atoms with E-state index in [0.29, 0.717) is 10.8 Å². The fraction of sp³-hybridized carbons (Fsp3) is 0.700. The number of alkyl halides is 1. The molecule has 0 spiro atoms. The zero-order valence-corrected chi connectivity index (χ0v) is 11.1. The summed E-state index contributed by atoms with van der Waals surface area (Å²) in [7, 11) is 0. The summed E-state index contributed by atoms with van der Waals surface area (Å²) in [6, 6.07) is 0. The standard InChI is InChI=1S/C10H15ClN4OS/c11-2-5-14-3-1-4-15(7-6-14)10(16)9-8-12-13-17-9/h8H,1-7H2. The molecule has 0 aliphatic carbocycles. The number of hydrogen-bond donors (Lipinski definition) is 0.